The van der Waals surface area contributed by atoms with Crippen molar-refractivity contribution in [2.75, 3.05) is 23.8 Å². The molecule has 7 nitrogen and oxygen atoms in total. The Hall–Kier alpha value is -2.53. The normalized spacial score (nSPS) is 21.5. The van der Waals surface area contributed by atoms with Crippen molar-refractivity contribution in [3.05, 3.63) is 24.2 Å². The third-order valence-corrected chi connectivity index (χ3v) is 6.55. The maximum absolute atomic E-state index is 12.7. The predicted molar refractivity (Wildman–Crippen MR) is 114 cm³/mol. The van der Waals surface area contributed by atoms with Gasteiger partial charge in [0.05, 0.1) is 22.2 Å². The van der Waals surface area contributed by atoms with Crippen LogP contribution in [0.1, 0.15) is 25.5 Å². The summed E-state index contributed by atoms with van der Waals surface area (Å²) in [6.45, 7) is 2.72. The van der Waals surface area contributed by atoms with Gasteiger partial charge >= 0.3 is 6.18 Å². The molecule has 31 heavy (non-hydrogen) atoms. The Morgan fingerprint density at radius 1 is 1.23 bits per heavy atom. The molecule has 3 aromatic rings. The quantitative estimate of drug-likeness (QED) is 0.515. The number of rotatable bonds is 6. The minimum atomic E-state index is -4.38. The summed E-state index contributed by atoms with van der Waals surface area (Å²) in [4.78, 5) is 17.4. The molecule has 3 heterocycles. The zero-order chi connectivity index (χ0) is 22.2. The van der Waals surface area contributed by atoms with Gasteiger partial charge in [-0.3, -0.25) is 4.98 Å². The molecule has 3 atom stereocenters. The number of nitrogens with zero attached hydrogens (tertiary/aromatic N) is 4. The smallest absolute Gasteiger partial charge is 0.396 e. The van der Waals surface area contributed by atoms with Gasteiger partial charge in [-0.15, -0.1) is 11.3 Å². The number of fused-ring (bicyclic) bond motifs is 1. The topological polar surface area (TPSA) is 95.9 Å². The summed E-state index contributed by atoms with van der Waals surface area (Å²) in [7, 11) is 0. The van der Waals surface area contributed by atoms with Crippen molar-refractivity contribution in [3.8, 4) is 10.6 Å². The lowest BCUT2D eigenvalue weighted by atomic mass is 10.1. The molecule has 3 N–H and O–H groups in total. The number of pyridine rings is 1. The molecular weight excluding hydrogens is 429 g/mol. The molecule has 11 heteroatoms. The Bertz CT molecular complexity index is 1040. The van der Waals surface area contributed by atoms with Crippen LogP contribution in [-0.2, 0) is 0 Å². The molecule has 0 saturated heterocycles. The molecule has 0 aromatic carbocycles. The molecule has 1 fully saturated rings. The Morgan fingerprint density at radius 3 is 2.71 bits per heavy atom. The lowest BCUT2D eigenvalue weighted by Crippen LogP contribution is -2.25. The zero-order valence-electron chi connectivity index (χ0n) is 17.1. The van der Waals surface area contributed by atoms with E-state index in [0.29, 0.717) is 22.1 Å². The Balaban J connectivity index is 1.73. The molecule has 0 spiro atoms. The van der Waals surface area contributed by atoms with Crippen molar-refractivity contribution in [1.82, 2.24) is 19.9 Å². The summed E-state index contributed by atoms with van der Waals surface area (Å²) in [6, 6.07) is 1.90. The number of aromatic nitrogens is 4. The van der Waals surface area contributed by atoms with Gasteiger partial charge in [0, 0.05) is 18.8 Å². The van der Waals surface area contributed by atoms with Gasteiger partial charge in [-0.25, -0.2) is 9.97 Å². The third kappa shape index (κ3) is 4.87. The summed E-state index contributed by atoms with van der Waals surface area (Å²) in [5.41, 5.74) is 1.93. The molecule has 3 aromatic heterocycles. The van der Waals surface area contributed by atoms with E-state index in [0.717, 1.165) is 23.1 Å². The Labute approximate surface area is 181 Å². The molecule has 2 unspecified atom stereocenters. The fourth-order valence-corrected chi connectivity index (χ4v) is 5.01. The van der Waals surface area contributed by atoms with Crippen LogP contribution in [0.15, 0.2) is 18.5 Å². The number of hydrogen-bond donors (Lipinski definition) is 3. The highest BCUT2D eigenvalue weighted by Crippen LogP contribution is 2.39. The van der Waals surface area contributed by atoms with E-state index in [1.165, 1.54) is 11.3 Å². The standard InChI is InChI=1S/C20H23F3N6OS/c1-10-5-12(8-30)6-13(10)27-17-16(18-28-14-7-24-4-3-15(14)31-18)11(2)26-19(29-17)25-9-20(21,22)23/h3-4,7,10,12-13,30H,5-6,8-9H2,1-2H3,(H2,25,26,27,29)/t10?,12-,13?/m1/s1. The highest BCUT2D eigenvalue weighted by atomic mass is 32.1. The molecule has 0 aliphatic heterocycles. The first-order valence-electron chi connectivity index (χ1n) is 10.0. The minimum absolute atomic E-state index is 0.0386. The Morgan fingerprint density at radius 2 is 2.03 bits per heavy atom. The van der Waals surface area contributed by atoms with Gasteiger partial charge in [-0.2, -0.15) is 18.2 Å². The molecule has 1 saturated carbocycles. The SMILES string of the molecule is Cc1nc(NCC(F)(F)F)nc(NC2C[C@H](CO)CC2C)c1-c1nc2cnccc2s1. The van der Waals surface area contributed by atoms with Crippen molar-refractivity contribution in [2.24, 2.45) is 11.8 Å². The van der Waals surface area contributed by atoms with Gasteiger partial charge in [0.25, 0.3) is 0 Å². The lowest BCUT2D eigenvalue weighted by Gasteiger charge is -2.21. The molecule has 0 amide bonds. The number of anilines is 2. The van der Waals surface area contributed by atoms with Crippen molar-refractivity contribution in [1.29, 1.82) is 0 Å². The molecule has 166 valence electrons. The third-order valence-electron chi connectivity index (χ3n) is 5.50. The molecule has 0 radical (unpaired) electrons. The van der Waals surface area contributed by atoms with Crippen LogP contribution in [0, 0.1) is 18.8 Å². The number of alkyl halides is 3. The first kappa shape index (κ1) is 21.7. The number of nitrogens with one attached hydrogen (secondary N) is 2. The van der Waals surface area contributed by atoms with Crippen LogP contribution in [0.25, 0.3) is 20.8 Å². The Kier molecular flexibility index (Phi) is 5.98. The monoisotopic (exact) mass is 452 g/mol. The fraction of sp³-hybridized carbons (Fsp3) is 0.500. The molecule has 1 aliphatic carbocycles. The second-order valence-corrected chi connectivity index (χ2v) is 8.97. The number of aliphatic hydroxyl groups is 1. The van der Waals surface area contributed by atoms with E-state index in [1.54, 1.807) is 19.3 Å². The van der Waals surface area contributed by atoms with Crippen molar-refractivity contribution < 1.29 is 18.3 Å². The van der Waals surface area contributed by atoms with Gasteiger partial charge in [0.15, 0.2) is 0 Å². The molecule has 0 bridgehead atoms. The second-order valence-electron chi connectivity index (χ2n) is 7.94. The summed E-state index contributed by atoms with van der Waals surface area (Å²) >= 11 is 1.45. The second kappa shape index (κ2) is 8.54. The van der Waals surface area contributed by atoms with Gasteiger partial charge in [-0.05, 0) is 37.7 Å². The van der Waals surface area contributed by atoms with Crippen LogP contribution >= 0.6 is 11.3 Å². The number of halogens is 3. The maximum atomic E-state index is 12.7. The summed E-state index contributed by atoms with van der Waals surface area (Å²) in [6.07, 6.45) is 0.613. The van der Waals surface area contributed by atoms with Crippen LogP contribution in [-0.4, -0.2) is 50.4 Å². The van der Waals surface area contributed by atoms with E-state index in [-0.39, 0.29) is 30.4 Å². The number of aryl methyl sites for hydroxylation is 1. The summed E-state index contributed by atoms with van der Waals surface area (Å²) < 4.78 is 39.0. The zero-order valence-corrected chi connectivity index (χ0v) is 17.9. The van der Waals surface area contributed by atoms with Crippen molar-refractivity contribution in [2.45, 2.75) is 38.9 Å². The molecular formula is C20H23F3N6OS. The number of thiazole rings is 1. The van der Waals surface area contributed by atoms with Gasteiger partial charge in [0.2, 0.25) is 5.95 Å². The maximum Gasteiger partial charge on any atom is 0.405 e. The first-order valence-corrected chi connectivity index (χ1v) is 10.8. The largest absolute Gasteiger partial charge is 0.405 e. The van der Waals surface area contributed by atoms with Crippen LogP contribution in [0.3, 0.4) is 0 Å². The summed E-state index contributed by atoms with van der Waals surface area (Å²) in [5.74, 6) is 0.828. The van der Waals surface area contributed by atoms with Gasteiger partial charge in [0.1, 0.15) is 22.9 Å². The highest BCUT2D eigenvalue weighted by molar-refractivity contribution is 7.21. The molecule has 1 aliphatic rings. The van der Waals surface area contributed by atoms with Crippen LogP contribution in [0.5, 0.6) is 0 Å². The predicted octanol–water partition coefficient (Wildman–Crippen LogP) is 4.25. The number of aliphatic hydroxyl groups excluding tert-OH is 1. The van der Waals surface area contributed by atoms with Crippen LogP contribution in [0.2, 0.25) is 0 Å². The van der Waals surface area contributed by atoms with E-state index in [4.69, 9.17) is 0 Å². The van der Waals surface area contributed by atoms with E-state index >= 15 is 0 Å². The van der Waals surface area contributed by atoms with E-state index < -0.39 is 12.7 Å². The van der Waals surface area contributed by atoms with E-state index in [9.17, 15) is 18.3 Å². The first-order chi connectivity index (χ1) is 14.7. The minimum Gasteiger partial charge on any atom is -0.396 e. The molecule has 4 rings (SSSR count). The average Bonchev–Trinajstić information content (AvgIpc) is 3.28. The highest BCUT2D eigenvalue weighted by Gasteiger charge is 2.32. The van der Waals surface area contributed by atoms with Crippen molar-refractivity contribution >= 4 is 33.3 Å². The van der Waals surface area contributed by atoms with E-state index in [1.807, 2.05) is 6.07 Å². The summed E-state index contributed by atoms with van der Waals surface area (Å²) in [5, 5.41) is 15.9. The van der Waals surface area contributed by atoms with Crippen LogP contribution < -0.4 is 10.6 Å². The number of hydrogen-bond acceptors (Lipinski definition) is 8. The van der Waals surface area contributed by atoms with E-state index in [2.05, 4.69) is 37.5 Å². The van der Waals surface area contributed by atoms with Crippen molar-refractivity contribution in [3.63, 3.8) is 0 Å². The van der Waals surface area contributed by atoms with Gasteiger partial charge in [-0.1, -0.05) is 6.92 Å². The van der Waals surface area contributed by atoms with Gasteiger partial charge < -0.3 is 15.7 Å². The fourth-order valence-electron chi connectivity index (χ4n) is 3.98. The average molecular weight is 453 g/mol. The lowest BCUT2D eigenvalue weighted by molar-refractivity contribution is -0.115. The van der Waals surface area contributed by atoms with Crippen LogP contribution in [0.4, 0.5) is 24.9 Å².